The van der Waals surface area contributed by atoms with E-state index in [4.69, 9.17) is 0 Å². The van der Waals surface area contributed by atoms with Crippen LogP contribution in [0.4, 0.5) is 0 Å². The largest absolute Gasteiger partial charge is 0.480 e. The molecule has 0 saturated heterocycles. The normalized spacial score (nSPS) is 12.5. The molecular weight excluding hydrogens is 298 g/mol. The van der Waals surface area contributed by atoms with Crippen LogP contribution in [0, 0.1) is 6.92 Å². The van der Waals surface area contributed by atoms with Crippen molar-refractivity contribution < 1.29 is 14.7 Å². The maximum absolute atomic E-state index is 12.8. The molecular formula is C17H15NO3S. The van der Waals surface area contributed by atoms with Crippen LogP contribution in [0.5, 0.6) is 0 Å². The number of nitrogens with zero attached hydrogens (tertiary/aromatic N) is 1. The molecule has 0 bridgehead atoms. The zero-order chi connectivity index (χ0) is 15.9. The Morgan fingerprint density at radius 3 is 2.55 bits per heavy atom. The maximum Gasteiger partial charge on any atom is 0.326 e. The summed E-state index contributed by atoms with van der Waals surface area (Å²) in [4.78, 5) is 25.0. The van der Waals surface area contributed by atoms with E-state index in [1.165, 1.54) is 11.3 Å². The first-order valence-electron chi connectivity index (χ1n) is 6.92. The molecule has 4 nitrogen and oxygen atoms in total. The molecule has 0 radical (unpaired) electrons. The van der Waals surface area contributed by atoms with Crippen molar-refractivity contribution in [3.63, 3.8) is 0 Å². The van der Waals surface area contributed by atoms with Gasteiger partial charge in [-0.25, -0.2) is 4.79 Å². The molecule has 0 aliphatic heterocycles. The third-order valence-corrected chi connectivity index (χ3v) is 4.89. The van der Waals surface area contributed by atoms with Crippen LogP contribution in [0.2, 0.25) is 0 Å². The number of fused-ring (bicyclic) bond motifs is 1. The van der Waals surface area contributed by atoms with E-state index < -0.39 is 12.0 Å². The van der Waals surface area contributed by atoms with E-state index in [0.29, 0.717) is 11.3 Å². The molecule has 0 saturated carbocycles. The van der Waals surface area contributed by atoms with Gasteiger partial charge in [-0.3, -0.25) is 4.79 Å². The van der Waals surface area contributed by atoms with Crippen LogP contribution >= 0.6 is 11.3 Å². The smallest absolute Gasteiger partial charge is 0.326 e. The summed E-state index contributed by atoms with van der Waals surface area (Å²) in [6.45, 7) is 3.56. The zero-order valence-corrected chi connectivity index (χ0v) is 13.1. The lowest BCUT2D eigenvalue weighted by Gasteiger charge is -2.13. The van der Waals surface area contributed by atoms with Crippen molar-refractivity contribution in [1.82, 2.24) is 4.57 Å². The highest BCUT2D eigenvalue weighted by Crippen LogP contribution is 2.33. The van der Waals surface area contributed by atoms with Gasteiger partial charge in [0.05, 0.1) is 5.69 Å². The van der Waals surface area contributed by atoms with Crippen molar-refractivity contribution in [1.29, 1.82) is 0 Å². The number of aromatic nitrogens is 1. The lowest BCUT2D eigenvalue weighted by Crippen LogP contribution is -2.19. The van der Waals surface area contributed by atoms with E-state index >= 15 is 0 Å². The average molecular weight is 313 g/mol. The van der Waals surface area contributed by atoms with E-state index in [-0.39, 0.29) is 5.78 Å². The molecule has 1 unspecified atom stereocenters. The fourth-order valence-corrected chi connectivity index (χ4v) is 3.66. The summed E-state index contributed by atoms with van der Waals surface area (Å²) in [5, 5.41) is 12.3. The summed E-state index contributed by atoms with van der Waals surface area (Å²) in [5.41, 5.74) is 2.04. The molecule has 3 aromatic rings. The van der Waals surface area contributed by atoms with Gasteiger partial charge in [0.1, 0.15) is 10.9 Å². The Hall–Kier alpha value is -2.40. The standard InChI is InChI=1S/C17H15NO3S/c1-10-9-22-16-13(10)8-14(18(16)11(2)17(20)21)15(19)12-6-4-3-5-7-12/h3-9,11H,1-2H3,(H,20,21). The van der Waals surface area contributed by atoms with Gasteiger partial charge in [-0.1, -0.05) is 30.3 Å². The first kappa shape index (κ1) is 14.5. The Kier molecular flexibility index (Phi) is 3.58. The molecule has 1 aromatic carbocycles. The third-order valence-electron chi connectivity index (χ3n) is 3.78. The highest BCUT2D eigenvalue weighted by molar-refractivity contribution is 7.17. The van der Waals surface area contributed by atoms with Crippen molar-refractivity contribution in [2.75, 3.05) is 0 Å². The van der Waals surface area contributed by atoms with Gasteiger partial charge in [0.2, 0.25) is 5.78 Å². The number of ketones is 1. The second-order valence-electron chi connectivity index (χ2n) is 5.25. The Balaban J connectivity index is 2.22. The van der Waals surface area contributed by atoms with Crippen molar-refractivity contribution in [2.24, 2.45) is 0 Å². The van der Waals surface area contributed by atoms with Crippen LogP contribution in [0.15, 0.2) is 41.8 Å². The first-order valence-corrected chi connectivity index (χ1v) is 7.80. The zero-order valence-electron chi connectivity index (χ0n) is 12.2. The number of thiophene rings is 1. The van der Waals surface area contributed by atoms with Crippen LogP contribution in [0.3, 0.4) is 0 Å². The summed E-state index contributed by atoms with van der Waals surface area (Å²) in [6.07, 6.45) is 0. The fourth-order valence-electron chi connectivity index (χ4n) is 2.52. The molecule has 5 heteroatoms. The topological polar surface area (TPSA) is 59.3 Å². The monoisotopic (exact) mass is 313 g/mol. The van der Waals surface area contributed by atoms with Gasteiger partial charge < -0.3 is 9.67 Å². The molecule has 22 heavy (non-hydrogen) atoms. The van der Waals surface area contributed by atoms with E-state index in [0.717, 1.165) is 15.8 Å². The van der Waals surface area contributed by atoms with E-state index in [1.807, 2.05) is 18.4 Å². The minimum absolute atomic E-state index is 0.156. The van der Waals surface area contributed by atoms with Gasteiger partial charge in [0, 0.05) is 10.9 Å². The highest BCUT2D eigenvalue weighted by Gasteiger charge is 2.25. The fraction of sp³-hybridized carbons (Fsp3) is 0.176. The number of hydrogen-bond donors (Lipinski definition) is 1. The van der Waals surface area contributed by atoms with Gasteiger partial charge in [-0.05, 0) is 30.9 Å². The second-order valence-corrected chi connectivity index (χ2v) is 6.10. The summed E-state index contributed by atoms with van der Waals surface area (Å²) >= 11 is 1.47. The van der Waals surface area contributed by atoms with Gasteiger partial charge in [-0.2, -0.15) is 0 Å². The number of hydrogen-bond acceptors (Lipinski definition) is 3. The third kappa shape index (κ3) is 2.23. The number of carboxylic acids is 1. The molecule has 0 amide bonds. The second kappa shape index (κ2) is 5.42. The molecule has 0 aliphatic rings. The molecule has 0 fully saturated rings. The number of carbonyl (C=O) groups excluding carboxylic acids is 1. The summed E-state index contributed by atoms with van der Waals surface area (Å²) in [6, 6.07) is 9.94. The minimum Gasteiger partial charge on any atom is -0.480 e. The molecule has 2 aromatic heterocycles. The van der Waals surface area contributed by atoms with Crippen LogP contribution in [0.25, 0.3) is 10.2 Å². The summed E-state index contributed by atoms with van der Waals surface area (Å²) in [7, 11) is 0. The van der Waals surface area contributed by atoms with E-state index in [1.54, 1.807) is 41.8 Å². The highest BCUT2D eigenvalue weighted by atomic mass is 32.1. The molecule has 1 N–H and O–H groups in total. The first-order chi connectivity index (χ1) is 10.5. The number of rotatable bonds is 4. The van der Waals surface area contributed by atoms with Crippen LogP contribution in [-0.4, -0.2) is 21.4 Å². The summed E-state index contributed by atoms with van der Waals surface area (Å²) in [5.74, 6) is -1.11. The van der Waals surface area contributed by atoms with Crippen molar-refractivity contribution in [3.05, 3.63) is 58.6 Å². The molecule has 0 spiro atoms. The summed E-state index contributed by atoms with van der Waals surface area (Å²) < 4.78 is 1.63. The minimum atomic E-state index is -0.953. The lowest BCUT2D eigenvalue weighted by molar-refractivity contribution is -0.140. The van der Waals surface area contributed by atoms with Crippen LogP contribution in [0.1, 0.15) is 34.6 Å². The van der Waals surface area contributed by atoms with Crippen LogP contribution in [-0.2, 0) is 4.79 Å². The number of carboxylic acid groups (broad SMARTS) is 1. The molecule has 1 atom stereocenters. The average Bonchev–Trinajstić information content (AvgIpc) is 3.06. The van der Waals surface area contributed by atoms with Gasteiger partial charge in [0.25, 0.3) is 0 Å². The van der Waals surface area contributed by atoms with E-state index in [2.05, 4.69) is 0 Å². The Morgan fingerprint density at radius 1 is 1.23 bits per heavy atom. The molecule has 0 aliphatic carbocycles. The number of aryl methyl sites for hydroxylation is 1. The van der Waals surface area contributed by atoms with Gasteiger partial charge >= 0.3 is 5.97 Å². The number of carbonyl (C=O) groups is 2. The van der Waals surface area contributed by atoms with Crippen molar-refractivity contribution in [3.8, 4) is 0 Å². The van der Waals surface area contributed by atoms with Crippen molar-refractivity contribution >= 4 is 33.3 Å². The predicted molar refractivity (Wildman–Crippen MR) is 86.8 cm³/mol. The van der Waals surface area contributed by atoms with E-state index in [9.17, 15) is 14.7 Å². The molecule has 2 heterocycles. The quantitative estimate of drug-likeness (QED) is 0.743. The predicted octanol–water partition coefficient (Wildman–Crippen LogP) is 3.89. The maximum atomic E-state index is 12.8. The lowest BCUT2D eigenvalue weighted by atomic mass is 10.1. The molecule has 112 valence electrons. The Bertz CT molecular complexity index is 861. The number of benzene rings is 1. The van der Waals surface area contributed by atoms with Crippen molar-refractivity contribution in [2.45, 2.75) is 19.9 Å². The Labute approximate surface area is 131 Å². The number of aliphatic carboxylic acids is 1. The Morgan fingerprint density at radius 2 is 1.91 bits per heavy atom. The SMILES string of the molecule is Cc1csc2c1cc(C(=O)c1ccccc1)n2C(C)C(=O)O. The van der Waals surface area contributed by atoms with Crippen LogP contribution < -0.4 is 0 Å². The van der Waals surface area contributed by atoms with Gasteiger partial charge in [0.15, 0.2) is 0 Å². The molecule has 3 rings (SSSR count). The van der Waals surface area contributed by atoms with Gasteiger partial charge in [-0.15, -0.1) is 11.3 Å².